The zero-order valence-corrected chi connectivity index (χ0v) is 7.81. The SMILES string of the molecule is CNc1nncc(-c2ccccc2)n1. The molecule has 0 aliphatic heterocycles. The van der Waals surface area contributed by atoms with Gasteiger partial charge in [-0.3, -0.25) is 0 Å². The van der Waals surface area contributed by atoms with Crippen LogP contribution in [0, 0.1) is 0 Å². The average Bonchev–Trinajstić information content (AvgIpc) is 2.30. The number of anilines is 1. The molecule has 0 atom stereocenters. The van der Waals surface area contributed by atoms with Gasteiger partial charge in [-0.1, -0.05) is 30.3 Å². The molecule has 0 aliphatic carbocycles. The lowest BCUT2D eigenvalue weighted by Gasteiger charge is -2.01. The Bertz CT molecular complexity index is 413. The van der Waals surface area contributed by atoms with Crippen molar-refractivity contribution in [3.8, 4) is 11.3 Å². The second-order valence-electron chi connectivity index (χ2n) is 2.78. The highest BCUT2D eigenvalue weighted by Gasteiger charge is 2.00. The lowest BCUT2D eigenvalue weighted by molar-refractivity contribution is 0.977. The lowest BCUT2D eigenvalue weighted by Crippen LogP contribution is -1.98. The number of benzene rings is 1. The van der Waals surface area contributed by atoms with Crippen molar-refractivity contribution in [2.75, 3.05) is 12.4 Å². The lowest BCUT2D eigenvalue weighted by atomic mass is 10.2. The first-order chi connectivity index (χ1) is 6.90. The zero-order chi connectivity index (χ0) is 9.80. The predicted molar refractivity (Wildman–Crippen MR) is 54.8 cm³/mol. The number of hydrogen-bond acceptors (Lipinski definition) is 4. The number of hydrogen-bond donors (Lipinski definition) is 1. The summed E-state index contributed by atoms with van der Waals surface area (Å²) in [5.41, 5.74) is 1.86. The maximum atomic E-state index is 4.28. The van der Waals surface area contributed by atoms with E-state index in [-0.39, 0.29) is 0 Å². The predicted octanol–water partition coefficient (Wildman–Crippen LogP) is 1.58. The third-order valence-corrected chi connectivity index (χ3v) is 1.85. The van der Waals surface area contributed by atoms with Gasteiger partial charge in [0.2, 0.25) is 5.95 Å². The fourth-order valence-corrected chi connectivity index (χ4v) is 1.16. The van der Waals surface area contributed by atoms with Crippen LogP contribution >= 0.6 is 0 Å². The van der Waals surface area contributed by atoms with E-state index in [1.165, 1.54) is 0 Å². The molecule has 1 aromatic heterocycles. The fourth-order valence-electron chi connectivity index (χ4n) is 1.16. The first-order valence-electron chi connectivity index (χ1n) is 4.33. The van der Waals surface area contributed by atoms with E-state index in [4.69, 9.17) is 0 Å². The van der Waals surface area contributed by atoms with Crippen LogP contribution in [0.15, 0.2) is 36.5 Å². The summed E-state index contributed by atoms with van der Waals surface area (Å²) in [4.78, 5) is 4.28. The molecular formula is C10H10N4. The standard InChI is InChI=1S/C10H10N4/c1-11-10-13-9(7-12-14-10)8-5-3-2-4-6-8/h2-7H,1H3,(H,11,13,14). The summed E-state index contributed by atoms with van der Waals surface area (Å²) in [6, 6.07) is 9.89. The van der Waals surface area contributed by atoms with Crippen molar-refractivity contribution in [1.82, 2.24) is 15.2 Å². The smallest absolute Gasteiger partial charge is 0.243 e. The maximum Gasteiger partial charge on any atom is 0.243 e. The summed E-state index contributed by atoms with van der Waals surface area (Å²) in [5, 5.41) is 10.5. The molecule has 2 rings (SSSR count). The van der Waals surface area contributed by atoms with E-state index >= 15 is 0 Å². The van der Waals surface area contributed by atoms with Crippen molar-refractivity contribution in [1.29, 1.82) is 0 Å². The third-order valence-electron chi connectivity index (χ3n) is 1.85. The molecule has 0 saturated carbocycles. The molecule has 1 heterocycles. The topological polar surface area (TPSA) is 50.7 Å². The van der Waals surface area contributed by atoms with E-state index < -0.39 is 0 Å². The Morgan fingerprint density at radius 1 is 1.14 bits per heavy atom. The molecule has 1 N–H and O–H groups in total. The van der Waals surface area contributed by atoms with Gasteiger partial charge in [-0.15, -0.1) is 5.10 Å². The van der Waals surface area contributed by atoms with Crippen molar-refractivity contribution in [3.63, 3.8) is 0 Å². The van der Waals surface area contributed by atoms with Crippen molar-refractivity contribution in [2.45, 2.75) is 0 Å². The average molecular weight is 186 g/mol. The highest BCUT2D eigenvalue weighted by molar-refractivity contribution is 5.58. The van der Waals surface area contributed by atoms with E-state index in [1.54, 1.807) is 13.2 Å². The van der Waals surface area contributed by atoms with Crippen molar-refractivity contribution in [2.24, 2.45) is 0 Å². The van der Waals surface area contributed by atoms with Gasteiger partial charge in [0.15, 0.2) is 0 Å². The molecule has 0 saturated heterocycles. The van der Waals surface area contributed by atoms with E-state index in [1.807, 2.05) is 30.3 Å². The van der Waals surface area contributed by atoms with Gasteiger partial charge in [0.05, 0.1) is 11.9 Å². The Morgan fingerprint density at radius 2 is 1.93 bits per heavy atom. The molecule has 70 valence electrons. The summed E-state index contributed by atoms with van der Waals surface area (Å²) in [5.74, 6) is 0.534. The van der Waals surface area contributed by atoms with Gasteiger partial charge in [0, 0.05) is 12.6 Å². The van der Waals surface area contributed by atoms with E-state index in [9.17, 15) is 0 Å². The molecular weight excluding hydrogens is 176 g/mol. The number of aromatic nitrogens is 3. The Hall–Kier alpha value is -1.97. The number of nitrogens with zero attached hydrogens (tertiary/aromatic N) is 3. The Balaban J connectivity index is 2.42. The normalized spacial score (nSPS) is 9.79. The molecule has 2 aromatic rings. The second kappa shape index (κ2) is 3.83. The van der Waals surface area contributed by atoms with Gasteiger partial charge in [0.25, 0.3) is 0 Å². The Kier molecular flexibility index (Phi) is 2.36. The van der Waals surface area contributed by atoms with Crippen molar-refractivity contribution in [3.05, 3.63) is 36.5 Å². The number of nitrogens with one attached hydrogen (secondary N) is 1. The first kappa shape index (κ1) is 8.62. The highest BCUT2D eigenvalue weighted by Crippen LogP contribution is 2.15. The number of rotatable bonds is 2. The molecule has 14 heavy (non-hydrogen) atoms. The second-order valence-corrected chi connectivity index (χ2v) is 2.78. The fraction of sp³-hybridized carbons (Fsp3) is 0.100. The van der Waals surface area contributed by atoms with E-state index in [2.05, 4.69) is 20.5 Å². The quantitative estimate of drug-likeness (QED) is 0.773. The monoisotopic (exact) mass is 186 g/mol. The summed E-state index contributed by atoms with van der Waals surface area (Å²) in [7, 11) is 1.77. The van der Waals surface area contributed by atoms with Gasteiger partial charge in [0.1, 0.15) is 0 Å². The van der Waals surface area contributed by atoms with Crippen molar-refractivity contribution < 1.29 is 0 Å². The third kappa shape index (κ3) is 1.69. The van der Waals surface area contributed by atoms with E-state index in [0.29, 0.717) is 5.95 Å². The molecule has 0 spiro atoms. The Labute approximate surface area is 82.0 Å². The van der Waals surface area contributed by atoms with Gasteiger partial charge in [-0.05, 0) is 0 Å². The van der Waals surface area contributed by atoms with Gasteiger partial charge < -0.3 is 5.32 Å². The van der Waals surface area contributed by atoms with E-state index in [0.717, 1.165) is 11.3 Å². The van der Waals surface area contributed by atoms with Crippen LogP contribution in [0.1, 0.15) is 0 Å². The molecule has 0 amide bonds. The molecule has 0 unspecified atom stereocenters. The molecule has 1 aromatic carbocycles. The minimum absolute atomic E-state index is 0.534. The van der Waals surface area contributed by atoms with Crippen molar-refractivity contribution >= 4 is 5.95 Å². The summed E-state index contributed by atoms with van der Waals surface area (Å²) >= 11 is 0. The van der Waals surface area contributed by atoms with Crippen LogP contribution in [-0.2, 0) is 0 Å². The highest BCUT2D eigenvalue weighted by atomic mass is 15.2. The molecule has 4 nitrogen and oxygen atoms in total. The summed E-state index contributed by atoms with van der Waals surface area (Å²) < 4.78 is 0. The molecule has 0 fully saturated rings. The minimum Gasteiger partial charge on any atom is -0.356 e. The summed E-state index contributed by atoms with van der Waals surface area (Å²) in [6.07, 6.45) is 1.65. The van der Waals surface area contributed by atoms with Crippen LogP contribution in [0.5, 0.6) is 0 Å². The van der Waals surface area contributed by atoms with Crippen LogP contribution < -0.4 is 5.32 Å². The largest absolute Gasteiger partial charge is 0.356 e. The minimum atomic E-state index is 0.534. The Morgan fingerprint density at radius 3 is 2.64 bits per heavy atom. The van der Waals surface area contributed by atoms with Crippen LogP contribution in [0.3, 0.4) is 0 Å². The van der Waals surface area contributed by atoms with Gasteiger partial charge in [-0.2, -0.15) is 5.10 Å². The van der Waals surface area contributed by atoms with Gasteiger partial charge >= 0.3 is 0 Å². The molecule has 0 radical (unpaired) electrons. The van der Waals surface area contributed by atoms with Gasteiger partial charge in [-0.25, -0.2) is 4.98 Å². The summed E-state index contributed by atoms with van der Waals surface area (Å²) in [6.45, 7) is 0. The first-order valence-corrected chi connectivity index (χ1v) is 4.33. The molecule has 0 aliphatic rings. The van der Waals surface area contributed by atoms with Crippen LogP contribution in [0.2, 0.25) is 0 Å². The molecule has 4 heteroatoms. The maximum absolute atomic E-state index is 4.28. The molecule has 0 bridgehead atoms. The van der Waals surface area contributed by atoms with Crippen LogP contribution in [0.4, 0.5) is 5.95 Å². The van der Waals surface area contributed by atoms with Crippen LogP contribution in [0.25, 0.3) is 11.3 Å². The zero-order valence-electron chi connectivity index (χ0n) is 7.81. The van der Waals surface area contributed by atoms with Crippen LogP contribution in [-0.4, -0.2) is 22.2 Å².